The first-order valence-corrected chi connectivity index (χ1v) is 17.1. The highest BCUT2D eigenvalue weighted by Crippen LogP contribution is 2.54. The van der Waals surface area contributed by atoms with Crippen LogP contribution in [0.25, 0.3) is 61.1 Å². The SMILES string of the molecule is c1ccc(-c2ccc(-c3ccc(-c4ccc(C5(c6ccccc6)c6ccccc6-n6c7ccccc7c7cccc5c76)cc4)nn3)cc2)cc1. The summed E-state index contributed by atoms with van der Waals surface area (Å²) in [6.45, 7) is 0. The largest absolute Gasteiger partial charge is 0.309 e. The molecule has 0 saturated carbocycles. The van der Waals surface area contributed by atoms with Crippen molar-refractivity contribution in [2.75, 3.05) is 0 Å². The van der Waals surface area contributed by atoms with Crippen molar-refractivity contribution >= 4 is 21.8 Å². The smallest absolute Gasteiger partial charge is 0.0930 e. The third-order valence-corrected chi connectivity index (χ3v) is 10.4. The van der Waals surface area contributed by atoms with Crippen LogP contribution in [-0.4, -0.2) is 14.8 Å². The number of hydrogen-bond acceptors (Lipinski definition) is 2. The van der Waals surface area contributed by atoms with Gasteiger partial charge in [-0.05, 0) is 57.6 Å². The molecule has 2 aromatic heterocycles. The van der Waals surface area contributed by atoms with E-state index in [-0.39, 0.29) is 0 Å². The maximum atomic E-state index is 4.69. The number of rotatable bonds is 5. The van der Waals surface area contributed by atoms with Gasteiger partial charge < -0.3 is 4.57 Å². The Morgan fingerprint density at radius 1 is 0.360 bits per heavy atom. The van der Waals surface area contributed by atoms with Gasteiger partial charge in [0.25, 0.3) is 0 Å². The van der Waals surface area contributed by atoms with Gasteiger partial charge in [-0.2, -0.15) is 0 Å². The van der Waals surface area contributed by atoms with Gasteiger partial charge in [-0.3, -0.25) is 0 Å². The Bertz CT molecular complexity index is 2660. The molecule has 1 aliphatic heterocycles. The Hall–Kier alpha value is -6.58. The second kappa shape index (κ2) is 11.3. The molecular formula is C47H31N3. The number of fused-ring (bicyclic) bond motifs is 5. The van der Waals surface area contributed by atoms with Crippen molar-refractivity contribution in [3.63, 3.8) is 0 Å². The van der Waals surface area contributed by atoms with E-state index in [0.29, 0.717) is 0 Å². The lowest BCUT2D eigenvalue weighted by molar-refractivity contribution is 0.728. The van der Waals surface area contributed by atoms with E-state index in [2.05, 4.69) is 192 Å². The molecular weight excluding hydrogens is 607 g/mol. The first-order valence-electron chi connectivity index (χ1n) is 17.1. The van der Waals surface area contributed by atoms with Crippen LogP contribution in [0.5, 0.6) is 0 Å². The lowest BCUT2D eigenvalue weighted by atomic mass is 9.63. The summed E-state index contributed by atoms with van der Waals surface area (Å²) in [5.74, 6) is 0. The third-order valence-electron chi connectivity index (χ3n) is 10.4. The Labute approximate surface area is 290 Å². The van der Waals surface area contributed by atoms with Crippen molar-refractivity contribution in [1.82, 2.24) is 14.8 Å². The molecule has 0 N–H and O–H groups in total. The molecule has 7 aromatic carbocycles. The molecule has 9 aromatic rings. The van der Waals surface area contributed by atoms with Crippen LogP contribution < -0.4 is 0 Å². The Morgan fingerprint density at radius 3 is 1.60 bits per heavy atom. The van der Waals surface area contributed by atoms with Gasteiger partial charge in [0.05, 0.1) is 33.5 Å². The number of nitrogens with zero attached hydrogens (tertiary/aromatic N) is 3. The summed E-state index contributed by atoms with van der Waals surface area (Å²) in [5, 5.41) is 11.9. The fourth-order valence-electron chi connectivity index (χ4n) is 8.17. The zero-order valence-electron chi connectivity index (χ0n) is 27.2. The topological polar surface area (TPSA) is 30.7 Å². The van der Waals surface area contributed by atoms with Crippen molar-refractivity contribution in [3.05, 3.63) is 210 Å². The second-order valence-corrected chi connectivity index (χ2v) is 13.0. The van der Waals surface area contributed by atoms with Gasteiger partial charge in [0, 0.05) is 21.9 Å². The minimum absolute atomic E-state index is 0.526. The average Bonchev–Trinajstić information content (AvgIpc) is 3.55. The summed E-state index contributed by atoms with van der Waals surface area (Å²) in [4.78, 5) is 0. The van der Waals surface area contributed by atoms with Gasteiger partial charge in [0.1, 0.15) is 0 Å². The van der Waals surface area contributed by atoms with Crippen molar-refractivity contribution in [3.8, 4) is 39.3 Å². The van der Waals surface area contributed by atoms with E-state index in [1.165, 1.54) is 60.9 Å². The van der Waals surface area contributed by atoms with E-state index in [1.54, 1.807) is 0 Å². The van der Waals surface area contributed by atoms with Gasteiger partial charge >= 0.3 is 0 Å². The molecule has 1 unspecified atom stereocenters. The monoisotopic (exact) mass is 637 g/mol. The standard InChI is InChI=1S/C47H31N3/c1-3-12-32(13-4-1)33-22-24-34(25-23-33)42-30-31-43(49-48-42)35-26-28-37(29-27-35)47(36-14-5-2-6-15-36)40-18-8-10-21-45(40)50-44-20-9-7-16-38(44)39-17-11-19-41(47)46(39)50/h1-31H. The zero-order chi connectivity index (χ0) is 33.1. The van der Waals surface area contributed by atoms with E-state index in [9.17, 15) is 0 Å². The van der Waals surface area contributed by atoms with Crippen molar-refractivity contribution < 1.29 is 0 Å². The van der Waals surface area contributed by atoms with Crippen LogP contribution in [0.2, 0.25) is 0 Å². The number of aromatic nitrogens is 3. The van der Waals surface area contributed by atoms with Gasteiger partial charge in [0.2, 0.25) is 0 Å². The minimum Gasteiger partial charge on any atom is -0.309 e. The molecule has 10 rings (SSSR count). The summed E-state index contributed by atoms with van der Waals surface area (Å²) < 4.78 is 2.47. The van der Waals surface area contributed by atoms with Crippen molar-refractivity contribution in [1.29, 1.82) is 0 Å². The summed E-state index contributed by atoms with van der Waals surface area (Å²) in [6.07, 6.45) is 0. The zero-order valence-corrected chi connectivity index (χ0v) is 27.2. The fraction of sp³-hybridized carbons (Fsp3) is 0.0213. The highest BCUT2D eigenvalue weighted by atomic mass is 15.1. The Morgan fingerprint density at radius 2 is 0.880 bits per heavy atom. The van der Waals surface area contributed by atoms with Crippen LogP contribution in [0.3, 0.4) is 0 Å². The second-order valence-electron chi connectivity index (χ2n) is 13.0. The number of benzene rings is 7. The van der Waals surface area contributed by atoms with Gasteiger partial charge in [-0.1, -0.05) is 164 Å². The van der Waals surface area contributed by atoms with Crippen LogP contribution in [-0.2, 0) is 5.41 Å². The molecule has 0 bridgehead atoms. The normalized spacial score (nSPS) is 14.9. The Balaban J connectivity index is 1.09. The van der Waals surface area contributed by atoms with Gasteiger partial charge in [-0.25, -0.2) is 0 Å². The fourth-order valence-corrected chi connectivity index (χ4v) is 8.17. The highest BCUT2D eigenvalue weighted by Gasteiger charge is 2.45. The molecule has 0 radical (unpaired) electrons. The maximum Gasteiger partial charge on any atom is 0.0930 e. The molecule has 0 aliphatic carbocycles. The van der Waals surface area contributed by atoms with Gasteiger partial charge in [-0.15, -0.1) is 10.2 Å². The van der Waals surface area contributed by atoms with Crippen molar-refractivity contribution in [2.24, 2.45) is 0 Å². The molecule has 1 atom stereocenters. The van der Waals surface area contributed by atoms with E-state index < -0.39 is 5.41 Å². The molecule has 0 amide bonds. The average molecular weight is 638 g/mol. The van der Waals surface area contributed by atoms with E-state index >= 15 is 0 Å². The van der Waals surface area contributed by atoms with E-state index in [0.717, 1.165) is 22.5 Å². The first kappa shape index (κ1) is 28.4. The summed E-state index contributed by atoms with van der Waals surface area (Å²) in [7, 11) is 0. The maximum absolute atomic E-state index is 4.69. The lowest BCUT2D eigenvalue weighted by Gasteiger charge is -2.41. The molecule has 3 heterocycles. The molecule has 50 heavy (non-hydrogen) atoms. The predicted molar refractivity (Wildman–Crippen MR) is 205 cm³/mol. The highest BCUT2D eigenvalue weighted by molar-refractivity contribution is 6.12. The third kappa shape index (κ3) is 4.17. The van der Waals surface area contributed by atoms with E-state index in [4.69, 9.17) is 5.10 Å². The molecule has 0 saturated heterocycles. The first-order chi connectivity index (χ1) is 24.8. The predicted octanol–water partition coefficient (Wildman–Crippen LogP) is 11.3. The van der Waals surface area contributed by atoms with Crippen LogP contribution in [0, 0.1) is 0 Å². The molecule has 234 valence electrons. The molecule has 1 aliphatic rings. The summed E-state index contributed by atoms with van der Waals surface area (Å²) in [5.41, 5.74) is 14.4. The van der Waals surface area contributed by atoms with Crippen LogP contribution in [0.1, 0.15) is 22.3 Å². The van der Waals surface area contributed by atoms with Crippen LogP contribution in [0.4, 0.5) is 0 Å². The quantitative estimate of drug-likeness (QED) is 0.188. The molecule has 3 nitrogen and oxygen atoms in total. The lowest BCUT2D eigenvalue weighted by Crippen LogP contribution is -2.35. The molecule has 0 spiro atoms. The van der Waals surface area contributed by atoms with Gasteiger partial charge in [0.15, 0.2) is 0 Å². The molecule has 0 fully saturated rings. The Kier molecular flexibility index (Phi) is 6.40. The van der Waals surface area contributed by atoms with Crippen LogP contribution in [0.15, 0.2) is 188 Å². The molecule has 3 heteroatoms. The van der Waals surface area contributed by atoms with Crippen LogP contribution >= 0.6 is 0 Å². The van der Waals surface area contributed by atoms with Crippen molar-refractivity contribution in [2.45, 2.75) is 5.41 Å². The summed E-state index contributed by atoms with van der Waals surface area (Å²) in [6, 6.07) is 67.5. The number of para-hydroxylation sites is 3. The van der Waals surface area contributed by atoms with E-state index in [1.807, 2.05) is 6.07 Å². The summed E-state index contributed by atoms with van der Waals surface area (Å²) >= 11 is 0. The number of hydrogen-bond donors (Lipinski definition) is 0. The minimum atomic E-state index is -0.526.